The number of benzene rings is 1. The van der Waals surface area contributed by atoms with Crippen molar-refractivity contribution in [3.05, 3.63) is 35.4 Å². The molecule has 0 unspecified atom stereocenters. The van der Waals surface area contributed by atoms with Gasteiger partial charge in [0.2, 0.25) is 0 Å². The Bertz CT molecular complexity index is 631. The fourth-order valence-electron chi connectivity index (χ4n) is 1.87. The van der Waals surface area contributed by atoms with Crippen LogP contribution in [0.5, 0.6) is 5.75 Å². The second kappa shape index (κ2) is 5.73. The van der Waals surface area contributed by atoms with Crippen molar-refractivity contribution in [2.45, 2.75) is 13.8 Å². The van der Waals surface area contributed by atoms with E-state index in [1.807, 2.05) is 13.8 Å². The molecule has 0 radical (unpaired) electrons. The Morgan fingerprint density at radius 1 is 1.15 bits per heavy atom. The van der Waals surface area contributed by atoms with Gasteiger partial charge < -0.3 is 15.4 Å². The van der Waals surface area contributed by atoms with Crippen molar-refractivity contribution in [2.24, 2.45) is 0 Å². The highest BCUT2D eigenvalue weighted by Gasteiger charge is 2.10. The number of halogens is 1. The van der Waals surface area contributed by atoms with Crippen LogP contribution in [0.4, 0.5) is 21.7 Å². The Balaban J connectivity index is 2.37. The van der Waals surface area contributed by atoms with Gasteiger partial charge in [0.25, 0.3) is 0 Å². The van der Waals surface area contributed by atoms with E-state index in [1.165, 1.54) is 13.2 Å². The number of nitrogens with one attached hydrogen (secondary N) is 2. The highest BCUT2D eigenvalue weighted by molar-refractivity contribution is 5.65. The third kappa shape index (κ3) is 2.79. The zero-order chi connectivity index (χ0) is 14.7. The lowest BCUT2D eigenvalue weighted by atomic mass is 10.2. The van der Waals surface area contributed by atoms with Crippen LogP contribution in [-0.4, -0.2) is 24.1 Å². The van der Waals surface area contributed by atoms with Crippen molar-refractivity contribution >= 4 is 17.3 Å². The summed E-state index contributed by atoms with van der Waals surface area (Å²) in [4.78, 5) is 8.65. The SMILES string of the molecule is CNc1nc(C)nc(Nc2ccc(F)c(OC)c2)c1C. The minimum atomic E-state index is -0.399. The Hall–Kier alpha value is -2.37. The largest absolute Gasteiger partial charge is 0.494 e. The van der Waals surface area contributed by atoms with E-state index in [1.54, 1.807) is 19.2 Å². The van der Waals surface area contributed by atoms with Gasteiger partial charge in [-0.2, -0.15) is 0 Å². The van der Waals surface area contributed by atoms with Gasteiger partial charge in [-0.05, 0) is 26.0 Å². The zero-order valence-electron chi connectivity index (χ0n) is 11.9. The lowest BCUT2D eigenvalue weighted by Crippen LogP contribution is -2.05. The maximum Gasteiger partial charge on any atom is 0.165 e. The third-order valence-corrected chi connectivity index (χ3v) is 2.91. The first kappa shape index (κ1) is 14.0. The number of nitrogens with zero attached hydrogens (tertiary/aromatic N) is 2. The predicted octanol–water partition coefficient (Wildman–Crippen LogP) is 3.03. The van der Waals surface area contributed by atoms with E-state index in [9.17, 15) is 4.39 Å². The first-order valence-corrected chi connectivity index (χ1v) is 6.18. The van der Waals surface area contributed by atoms with Crippen LogP contribution < -0.4 is 15.4 Å². The summed E-state index contributed by atoms with van der Waals surface area (Å²) >= 11 is 0. The van der Waals surface area contributed by atoms with Gasteiger partial charge in [0.15, 0.2) is 11.6 Å². The maximum atomic E-state index is 13.4. The first-order chi connectivity index (χ1) is 9.55. The van der Waals surface area contributed by atoms with Gasteiger partial charge >= 0.3 is 0 Å². The Kier molecular flexibility index (Phi) is 4.02. The topological polar surface area (TPSA) is 59.1 Å². The van der Waals surface area contributed by atoms with Crippen molar-refractivity contribution in [1.29, 1.82) is 0 Å². The second-order valence-electron chi connectivity index (χ2n) is 4.32. The fraction of sp³-hybridized carbons (Fsp3) is 0.286. The van der Waals surface area contributed by atoms with E-state index in [4.69, 9.17) is 4.74 Å². The molecule has 0 aliphatic rings. The number of methoxy groups -OCH3 is 1. The summed E-state index contributed by atoms with van der Waals surface area (Å²) in [6.45, 7) is 3.73. The standard InChI is InChI=1S/C14H17FN4O/c1-8-13(16-3)17-9(2)18-14(8)19-10-5-6-11(15)12(7-10)20-4/h5-7H,1-4H3,(H2,16,17,18,19). The molecule has 106 valence electrons. The van der Waals surface area contributed by atoms with Gasteiger partial charge in [0.1, 0.15) is 17.5 Å². The summed E-state index contributed by atoms with van der Waals surface area (Å²) in [6.07, 6.45) is 0. The molecular weight excluding hydrogens is 259 g/mol. The van der Waals surface area contributed by atoms with Crippen LogP contribution >= 0.6 is 0 Å². The molecule has 0 aliphatic carbocycles. The van der Waals surface area contributed by atoms with Crippen molar-refractivity contribution in [2.75, 3.05) is 24.8 Å². The zero-order valence-corrected chi connectivity index (χ0v) is 11.9. The van der Waals surface area contributed by atoms with E-state index in [-0.39, 0.29) is 5.75 Å². The Morgan fingerprint density at radius 3 is 2.50 bits per heavy atom. The number of rotatable bonds is 4. The lowest BCUT2D eigenvalue weighted by Gasteiger charge is -2.13. The third-order valence-electron chi connectivity index (χ3n) is 2.91. The van der Waals surface area contributed by atoms with E-state index < -0.39 is 5.82 Å². The van der Waals surface area contributed by atoms with Crippen LogP contribution in [0.25, 0.3) is 0 Å². The molecule has 2 rings (SSSR count). The van der Waals surface area contributed by atoms with Crippen LogP contribution in [0.2, 0.25) is 0 Å². The van der Waals surface area contributed by atoms with Gasteiger partial charge in [-0.3, -0.25) is 0 Å². The van der Waals surface area contributed by atoms with Crippen molar-refractivity contribution in [1.82, 2.24) is 9.97 Å². The van der Waals surface area contributed by atoms with Crippen LogP contribution in [0.15, 0.2) is 18.2 Å². The number of aromatic nitrogens is 2. The Morgan fingerprint density at radius 2 is 1.85 bits per heavy atom. The molecule has 1 aromatic carbocycles. The molecule has 1 aromatic heterocycles. The molecule has 0 amide bonds. The molecule has 2 aromatic rings. The summed E-state index contributed by atoms with van der Waals surface area (Å²) in [7, 11) is 3.24. The van der Waals surface area contributed by atoms with Gasteiger partial charge in [0, 0.05) is 24.4 Å². The molecule has 0 bridgehead atoms. The van der Waals surface area contributed by atoms with E-state index in [0.29, 0.717) is 17.3 Å². The highest BCUT2D eigenvalue weighted by Crippen LogP contribution is 2.26. The second-order valence-corrected chi connectivity index (χ2v) is 4.32. The number of ether oxygens (including phenoxy) is 1. The highest BCUT2D eigenvalue weighted by atomic mass is 19.1. The summed E-state index contributed by atoms with van der Waals surface area (Å²) in [5.41, 5.74) is 1.59. The van der Waals surface area contributed by atoms with Crippen molar-refractivity contribution < 1.29 is 9.13 Å². The maximum absolute atomic E-state index is 13.4. The normalized spacial score (nSPS) is 10.2. The minimum Gasteiger partial charge on any atom is -0.494 e. The number of hydrogen-bond donors (Lipinski definition) is 2. The summed E-state index contributed by atoms with van der Waals surface area (Å²) in [6, 6.07) is 4.57. The molecular formula is C14H17FN4O. The van der Waals surface area contributed by atoms with Crippen LogP contribution in [0, 0.1) is 19.7 Å². The molecule has 5 nitrogen and oxygen atoms in total. The first-order valence-electron chi connectivity index (χ1n) is 6.18. The monoisotopic (exact) mass is 276 g/mol. The van der Waals surface area contributed by atoms with Gasteiger partial charge in [-0.25, -0.2) is 14.4 Å². The molecule has 2 N–H and O–H groups in total. The number of anilines is 3. The molecule has 1 heterocycles. The quantitative estimate of drug-likeness (QED) is 0.899. The van der Waals surface area contributed by atoms with E-state index in [0.717, 1.165) is 11.4 Å². The van der Waals surface area contributed by atoms with Gasteiger partial charge in [-0.1, -0.05) is 0 Å². The molecule has 6 heteroatoms. The van der Waals surface area contributed by atoms with Crippen molar-refractivity contribution in [3.8, 4) is 5.75 Å². The minimum absolute atomic E-state index is 0.187. The number of aryl methyl sites for hydroxylation is 1. The average molecular weight is 276 g/mol. The molecule has 20 heavy (non-hydrogen) atoms. The summed E-state index contributed by atoms with van der Waals surface area (Å²) in [5.74, 6) is 1.87. The smallest absolute Gasteiger partial charge is 0.165 e. The molecule has 0 saturated heterocycles. The fourth-order valence-corrected chi connectivity index (χ4v) is 1.87. The van der Waals surface area contributed by atoms with Crippen LogP contribution in [0.3, 0.4) is 0 Å². The number of hydrogen-bond acceptors (Lipinski definition) is 5. The average Bonchev–Trinajstić information content (AvgIpc) is 2.44. The Labute approximate surface area is 117 Å². The summed E-state index contributed by atoms with van der Waals surface area (Å²) < 4.78 is 18.3. The summed E-state index contributed by atoms with van der Waals surface area (Å²) in [5, 5.41) is 6.17. The molecule has 0 spiro atoms. The van der Waals surface area contributed by atoms with Gasteiger partial charge in [-0.15, -0.1) is 0 Å². The predicted molar refractivity (Wildman–Crippen MR) is 77.3 cm³/mol. The van der Waals surface area contributed by atoms with Crippen LogP contribution in [0.1, 0.15) is 11.4 Å². The van der Waals surface area contributed by atoms with Gasteiger partial charge in [0.05, 0.1) is 7.11 Å². The van der Waals surface area contributed by atoms with Crippen LogP contribution in [-0.2, 0) is 0 Å². The van der Waals surface area contributed by atoms with Crippen molar-refractivity contribution in [3.63, 3.8) is 0 Å². The molecule has 0 saturated carbocycles. The van der Waals surface area contributed by atoms with E-state index >= 15 is 0 Å². The molecule has 0 atom stereocenters. The molecule has 0 aliphatic heterocycles. The molecule has 0 fully saturated rings. The lowest BCUT2D eigenvalue weighted by molar-refractivity contribution is 0.387. The van der Waals surface area contributed by atoms with E-state index in [2.05, 4.69) is 20.6 Å².